The highest BCUT2D eigenvalue weighted by Crippen LogP contribution is 2.08. The molecule has 0 aliphatic carbocycles. The molecule has 15 heavy (non-hydrogen) atoms. The second-order valence-electron chi connectivity index (χ2n) is 3.45. The van der Waals surface area contributed by atoms with Crippen LogP contribution in [0.1, 0.15) is 26.2 Å². The summed E-state index contributed by atoms with van der Waals surface area (Å²) >= 11 is 0. The largest absolute Gasteiger partial charge is 0.382 e. The second kappa shape index (κ2) is 7.48. The SMILES string of the molecule is CCOCCCNC(=O)NC1CCCO1. The smallest absolute Gasteiger partial charge is 0.316 e. The molecule has 1 rings (SSSR count). The number of nitrogens with one attached hydrogen (secondary N) is 2. The predicted molar refractivity (Wildman–Crippen MR) is 56.6 cm³/mol. The number of hydrogen-bond donors (Lipinski definition) is 2. The van der Waals surface area contributed by atoms with E-state index in [1.807, 2.05) is 6.92 Å². The summed E-state index contributed by atoms with van der Waals surface area (Å²) in [6, 6.07) is -0.154. The lowest BCUT2D eigenvalue weighted by atomic mass is 10.3. The Morgan fingerprint density at radius 2 is 2.47 bits per heavy atom. The van der Waals surface area contributed by atoms with E-state index in [0.29, 0.717) is 13.2 Å². The molecular formula is C10H20N2O3. The Bertz CT molecular complexity index is 182. The molecule has 1 aliphatic rings. The maximum Gasteiger partial charge on any atom is 0.316 e. The molecule has 0 saturated carbocycles. The third kappa shape index (κ3) is 5.59. The van der Waals surface area contributed by atoms with Gasteiger partial charge in [0.25, 0.3) is 0 Å². The van der Waals surface area contributed by atoms with Gasteiger partial charge in [-0.25, -0.2) is 4.79 Å². The van der Waals surface area contributed by atoms with Crippen molar-refractivity contribution in [3.8, 4) is 0 Å². The Morgan fingerprint density at radius 3 is 3.13 bits per heavy atom. The van der Waals surface area contributed by atoms with Crippen molar-refractivity contribution in [1.82, 2.24) is 10.6 Å². The van der Waals surface area contributed by atoms with Crippen molar-refractivity contribution in [2.24, 2.45) is 0 Å². The molecule has 0 radical (unpaired) electrons. The highest BCUT2D eigenvalue weighted by Gasteiger charge is 2.16. The van der Waals surface area contributed by atoms with Gasteiger partial charge in [-0.1, -0.05) is 0 Å². The summed E-state index contributed by atoms with van der Waals surface area (Å²) < 4.78 is 10.4. The van der Waals surface area contributed by atoms with E-state index in [2.05, 4.69) is 10.6 Å². The van der Waals surface area contributed by atoms with Gasteiger partial charge in [-0.05, 0) is 26.2 Å². The first-order valence-electron chi connectivity index (χ1n) is 5.56. The average molecular weight is 216 g/mol. The second-order valence-corrected chi connectivity index (χ2v) is 3.45. The molecule has 2 N–H and O–H groups in total. The summed E-state index contributed by atoms with van der Waals surface area (Å²) in [5.74, 6) is 0. The van der Waals surface area contributed by atoms with Gasteiger partial charge in [0, 0.05) is 26.4 Å². The molecular weight excluding hydrogens is 196 g/mol. The summed E-state index contributed by atoms with van der Waals surface area (Å²) in [5.41, 5.74) is 0. The van der Waals surface area contributed by atoms with Crippen LogP contribution < -0.4 is 10.6 Å². The number of urea groups is 1. The number of amides is 2. The quantitative estimate of drug-likeness (QED) is 0.647. The Hall–Kier alpha value is -0.810. The first-order valence-corrected chi connectivity index (χ1v) is 5.56. The lowest BCUT2D eigenvalue weighted by Gasteiger charge is -2.12. The molecule has 1 saturated heterocycles. The monoisotopic (exact) mass is 216 g/mol. The van der Waals surface area contributed by atoms with Crippen LogP contribution in [0.2, 0.25) is 0 Å². The van der Waals surface area contributed by atoms with E-state index in [0.717, 1.165) is 32.5 Å². The molecule has 0 spiro atoms. The fourth-order valence-corrected chi connectivity index (χ4v) is 1.41. The molecule has 0 bridgehead atoms. The lowest BCUT2D eigenvalue weighted by molar-refractivity contribution is 0.0905. The number of ether oxygens (including phenoxy) is 2. The Labute approximate surface area is 90.5 Å². The Morgan fingerprint density at radius 1 is 1.60 bits per heavy atom. The normalized spacial score (nSPS) is 20.2. The molecule has 5 heteroatoms. The molecule has 1 unspecified atom stereocenters. The standard InChI is InChI=1S/C10H20N2O3/c1-2-14-7-4-6-11-10(13)12-9-5-3-8-15-9/h9H,2-8H2,1H3,(H2,11,12,13). The number of carbonyl (C=O) groups excluding carboxylic acids is 1. The molecule has 1 aliphatic heterocycles. The van der Waals surface area contributed by atoms with Crippen molar-refractivity contribution < 1.29 is 14.3 Å². The minimum atomic E-state index is -0.154. The van der Waals surface area contributed by atoms with Crippen molar-refractivity contribution in [3.05, 3.63) is 0 Å². The van der Waals surface area contributed by atoms with Crippen LogP contribution in [0.4, 0.5) is 4.79 Å². The molecule has 0 aromatic heterocycles. The van der Waals surface area contributed by atoms with E-state index in [-0.39, 0.29) is 12.3 Å². The van der Waals surface area contributed by atoms with Crippen LogP contribution in [0.3, 0.4) is 0 Å². The summed E-state index contributed by atoms with van der Waals surface area (Å²) in [6.45, 7) is 4.75. The van der Waals surface area contributed by atoms with Gasteiger partial charge in [-0.3, -0.25) is 0 Å². The van der Waals surface area contributed by atoms with E-state index < -0.39 is 0 Å². The van der Waals surface area contributed by atoms with Crippen molar-refractivity contribution >= 4 is 6.03 Å². The van der Waals surface area contributed by atoms with Gasteiger partial charge in [0.1, 0.15) is 6.23 Å². The highest BCUT2D eigenvalue weighted by atomic mass is 16.5. The number of carbonyl (C=O) groups is 1. The zero-order chi connectivity index (χ0) is 10.9. The number of hydrogen-bond acceptors (Lipinski definition) is 3. The summed E-state index contributed by atoms with van der Waals surface area (Å²) in [6.07, 6.45) is 2.67. The van der Waals surface area contributed by atoms with Crippen LogP contribution in [0.5, 0.6) is 0 Å². The van der Waals surface area contributed by atoms with Gasteiger partial charge in [0.15, 0.2) is 0 Å². The molecule has 1 fully saturated rings. The third-order valence-corrected chi connectivity index (χ3v) is 2.18. The van der Waals surface area contributed by atoms with E-state index in [1.54, 1.807) is 0 Å². The van der Waals surface area contributed by atoms with Crippen LogP contribution in [0, 0.1) is 0 Å². The van der Waals surface area contributed by atoms with Crippen LogP contribution in [0.25, 0.3) is 0 Å². The van der Waals surface area contributed by atoms with Gasteiger partial charge in [-0.15, -0.1) is 0 Å². The van der Waals surface area contributed by atoms with E-state index in [9.17, 15) is 4.79 Å². The van der Waals surface area contributed by atoms with E-state index in [4.69, 9.17) is 9.47 Å². The van der Waals surface area contributed by atoms with Gasteiger partial charge >= 0.3 is 6.03 Å². The maximum absolute atomic E-state index is 11.3. The Kier molecular flexibility index (Phi) is 6.11. The van der Waals surface area contributed by atoms with Crippen molar-refractivity contribution in [2.75, 3.05) is 26.4 Å². The summed E-state index contributed by atoms with van der Waals surface area (Å²) in [4.78, 5) is 11.3. The van der Waals surface area contributed by atoms with Crippen molar-refractivity contribution in [1.29, 1.82) is 0 Å². The van der Waals surface area contributed by atoms with Crippen molar-refractivity contribution in [3.63, 3.8) is 0 Å². The zero-order valence-electron chi connectivity index (χ0n) is 9.25. The molecule has 5 nitrogen and oxygen atoms in total. The van der Waals surface area contributed by atoms with Crippen LogP contribution in [-0.4, -0.2) is 38.6 Å². The van der Waals surface area contributed by atoms with Crippen molar-refractivity contribution in [2.45, 2.75) is 32.4 Å². The minimum absolute atomic E-state index is 0.100. The van der Waals surface area contributed by atoms with Gasteiger partial charge in [-0.2, -0.15) is 0 Å². The average Bonchev–Trinajstić information content (AvgIpc) is 2.70. The topological polar surface area (TPSA) is 59.6 Å². The first kappa shape index (κ1) is 12.3. The van der Waals surface area contributed by atoms with Crippen LogP contribution in [-0.2, 0) is 9.47 Å². The Balaban J connectivity index is 1.93. The number of rotatable bonds is 6. The summed E-state index contributed by atoms with van der Waals surface area (Å²) in [7, 11) is 0. The fourth-order valence-electron chi connectivity index (χ4n) is 1.41. The molecule has 1 heterocycles. The van der Waals surface area contributed by atoms with E-state index >= 15 is 0 Å². The van der Waals surface area contributed by atoms with Gasteiger partial charge in [0.2, 0.25) is 0 Å². The fraction of sp³-hybridized carbons (Fsp3) is 0.900. The molecule has 88 valence electrons. The third-order valence-electron chi connectivity index (χ3n) is 2.18. The molecule has 0 aromatic rings. The lowest BCUT2D eigenvalue weighted by Crippen LogP contribution is -2.42. The van der Waals surface area contributed by atoms with Gasteiger partial charge in [0.05, 0.1) is 0 Å². The molecule has 1 atom stereocenters. The maximum atomic E-state index is 11.3. The first-order chi connectivity index (χ1) is 7.33. The van der Waals surface area contributed by atoms with Gasteiger partial charge < -0.3 is 20.1 Å². The van der Waals surface area contributed by atoms with Crippen LogP contribution in [0.15, 0.2) is 0 Å². The van der Waals surface area contributed by atoms with E-state index in [1.165, 1.54) is 0 Å². The highest BCUT2D eigenvalue weighted by molar-refractivity contribution is 5.73. The molecule has 0 aromatic carbocycles. The molecule has 2 amide bonds. The predicted octanol–water partition coefficient (Wildman–Crippen LogP) is 0.849. The van der Waals surface area contributed by atoms with Crippen LogP contribution >= 0.6 is 0 Å². The minimum Gasteiger partial charge on any atom is -0.382 e. The summed E-state index contributed by atoms with van der Waals surface area (Å²) in [5, 5.41) is 5.52. The zero-order valence-corrected chi connectivity index (χ0v) is 9.25.